The molecule has 33 heavy (non-hydrogen) atoms. The first-order valence-corrected chi connectivity index (χ1v) is 10.3. The maximum atomic E-state index is 13.0. The quantitative estimate of drug-likeness (QED) is 0.560. The Morgan fingerprint density at radius 3 is 2.33 bits per heavy atom. The molecule has 0 saturated carbocycles. The van der Waals surface area contributed by atoms with E-state index < -0.39 is 29.5 Å². The largest absolute Gasteiger partial charge is 0.497 e. The Morgan fingerprint density at radius 2 is 1.73 bits per heavy atom. The Bertz CT molecular complexity index is 962. The number of rotatable bonds is 10. The van der Waals surface area contributed by atoms with Crippen LogP contribution >= 0.6 is 0 Å². The molecule has 2 rings (SSSR count). The molecule has 0 unspecified atom stereocenters. The number of nitrogens with zero attached hydrogens (tertiary/aromatic N) is 1. The third kappa shape index (κ3) is 8.13. The third-order valence-electron chi connectivity index (χ3n) is 4.66. The van der Waals surface area contributed by atoms with Crippen molar-refractivity contribution in [1.82, 2.24) is 10.2 Å². The molecule has 0 heterocycles. The van der Waals surface area contributed by atoms with E-state index in [4.69, 9.17) is 4.74 Å². The van der Waals surface area contributed by atoms with Crippen molar-refractivity contribution in [2.45, 2.75) is 25.9 Å². The molecule has 0 aliphatic heterocycles. The van der Waals surface area contributed by atoms with E-state index in [0.29, 0.717) is 17.9 Å². The van der Waals surface area contributed by atoms with Crippen LogP contribution in [0.2, 0.25) is 0 Å². The van der Waals surface area contributed by atoms with Crippen molar-refractivity contribution >= 4 is 23.4 Å². The van der Waals surface area contributed by atoms with Crippen molar-refractivity contribution in [2.75, 3.05) is 32.1 Å². The molecule has 0 atom stereocenters. The summed E-state index contributed by atoms with van der Waals surface area (Å²) in [5, 5.41) is 5.03. The van der Waals surface area contributed by atoms with Gasteiger partial charge in [0.2, 0.25) is 11.8 Å². The molecule has 0 aliphatic rings. The number of amides is 3. The van der Waals surface area contributed by atoms with Gasteiger partial charge >= 0.3 is 6.18 Å². The van der Waals surface area contributed by atoms with Crippen molar-refractivity contribution in [2.24, 2.45) is 0 Å². The zero-order valence-corrected chi connectivity index (χ0v) is 18.4. The Kier molecular flexibility index (Phi) is 9.26. The maximum absolute atomic E-state index is 13.0. The number of alkyl halides is 3. The SMILES string of the molecule is CCCCN(CC(=O)NCC(=O)Nc1ccc(OC)cc1)C(=O)c1cccc(C(F)(F)F)c1. The zero-order valence-electron chi connectivity index (χ0n) is 18.4. The highest BCUT2D eigenvalue weighted by atomic mass is 19.4. The van der Waals surface area contributed by atoms with Crippen LogP contribution in [-0.4, -0.2) is 49.4 Å². The number of unbranched alkanes of at least 4 members (excludes halogenated alkanes) is 1. The molecular formula is C23H26F3N3O4. The van der Waals surface area contributed by atoms with Gasteiger partial charge in [0.1, 0.15) is 5.75 Å². The van der Waals surface area contributed by atoms with E-state index >= 15 is 0 Å². The smallest absolute Gasteiger partial charge is 0.416 e. The summed E-state index contributed by atoms with van der Waals surface area (Å²) in [6.45, 7) is 1.36. The van der Waals surface area contributed by atoms with Gasteiger partial charge in [0.15, 0.2) is 0 Å². The first kappa shape index (κ1) is 25.7. The molecule has 2 aromatic rings. The molecule has 10 heteroatoms. The number of carbonyl (C=O) groups is 3. The summed E-state index contributed by atoms with van der Waals surface area (Å²) in [7, 11) is 1.52. The van der Waals surface area contributed by atoms with Gasteiger partial charge in [0.25, 0.3) is 5.91 Å². The number of halogens is 3. The number of anilines is 1. The predicted octanol–water partition coefficient (Wildman–Crippen LogP) is 3.71. The average Bonchev–Trinajstić information content (AvgIpc) is 2.80. The second-order valence-corrected chi connectivity index (χ2v) is 7.21. The second kappa shape index (κ2) is 11.9. The summed E-state index contributed by atoms with van der Waals surface area (Å²) in [4.78, 5) is 38.4. The van der Waals surface area contributed by atoms with Crippen molar-refractivity contribution in [3.63, 3.8) is 0 Å². The van der Waals surface area contributed by atoms with E-state index in [1.807, 2.05) is 6.92 Å². The standard InChI is InChI=1S/C23H26F3N3O4/c1-3-4-12-29(22(32)16-6-5-7-17(13-16)23(24,25)26)15-21(31)27-14-20(30)28-18-8-10-19(33-2)11-9-18/h5-11,13H,3-4,12,14-15H2,1-2H3,(H,27,31)(H,28,30). The first-order chi connectivity index (χ1) is 15.6. The van der Waals surface area contributed by atoms with Crippen LogP contribution in [0.5, 0.6) is 5.75 Å². The van der Waals surface area contributed by atoms with E-state index in [1.54, 1.807) is 24.3 Å². The van der Waals surface area contributed by atoms with Gasteiger partial charge in [-0.15, -0.1) is 0 Å². The van der Waals surface area contributed by atoms with Crippen molar-refractivity contribution in [3.05, 3.63) is 59.7 Å². The van der Waals surface area contributed by atoms with E-state index in [9.17, 15) is 27.6 Å². The lowest BCUT2D eigenvalue weighted by atomic mass is 10.1. The van der Waals surface area contributed by atoms with Gasteiger partial charge < -0.3 is 20.3 Å². The lowest BCUT2D eigenvalue weighted by Crippen LogP contribution is -2.43. The summed E-state index contributed by atoms with van der Waals surface area (Å²) in [6.07, 6.45) is -3.30. The van der Waals surface area contributed by atoms with E-state index in [-0.39, 0.29) is 25.2 Å². The van der Waals surface area contributed by atoms with Crippen LogP contribution in [0.3, 0.4) is 0 Å². The highest BCUT2D eigenvalue weighted by Crippen LogP contribution is 2.29. The second-order valence-electron chi connectivity index (χ2n) is 7.21. The van der Waals surface area contributed by atoms with Gasteiger partial charge in [-0.3, -0.25) is 14.4 Å². The minimum atomic E-state index is -4.58. The van der Waals surface area contributed by atoms with Gasteiger partial charge in [-0.05, 0) is 48.9 Å². The van der Waals surface area contributed by atoms with Crippen LogP contribution in [0.1, 0.15) is 35.7 Å². The maximum Gasteiger partial charge on any atom is 0.416 e. The number of hydrogen-bond acceptors (Lipinski definition) is 4. The zero-order chi connectivity index (χ0) is 24.4. The molecule has 0 bridgehead atoms. The van der Waals surface area contributed by atoms with Gasteiger partial charge in [-0.2, -0.15) is 13.2 Å². The topological polar surface area (TPSA) is 87.7 Å². The average molecular weight is 465 g/mol. The van der Waals surface area contributed by atoms with E-state index in [0.717, 1.165) is 24.6 Å². The molecule has 2 N–H and O–H groups in total. The number of methoxy groups -OCH3 is 1. The van der Waals surface area contributed by atoms with E-state index in [1.165, 1.54) is 18.1 Å². The van der Waals surface area contributed by atoms with Crippen LogP contribution in [0.25, 0.3) is 0 Å². The molecule has 0 aromatic heterocycles. The van der Waals surface area contributed by atoms with Crippen molar-refractivity contribution < 1.29 is 32.3 Å². The Morgan fingerprint density at radius 1 is 1.03 bits per heavy atom. The molecule has 7 nitrogen and oxygen atoms in total. The van der Waals surface area contributed by atoms with Gasteiger partial charge in [0.05, 0.1) is 25.8 Å². The minimum absolute atomic E-state index is 0.161. The normalized spacial score (nSPS) is 10.9. The summed E-state index contributed by atoms with van der Waals surface area (Å²) < 4.78 is 44.0. The number of benzene rings is 2. The molecular weight excluding hydrogens is 439 g/mol. The fraction of sp³-hybridized carbons (Fsp3) is 0.348. The number of hydrogen-bond donors (Lipinski definition) is 2. The van der Waals surface area contributed by atoms with Crippen molar-refractivity contribution in [3.8, 4) is 5.75 Å². The Labute approximate surface area is 189 Å². The molecule has 0 spiro atoms. The van der Waals surface area contributed by atoms with Crippen LogP contribution in [0, 0.1) is 0 Å². The van der Waals surface area contributed by atoms with Crippen LogP contribution in [0.15, 0.2) is 48.5 Å². The summed E-state index contributed by atoms with van der Waals surface area (Å²) in [6, 6.07) is 10.7. The van der Waals surface area contributed by atoms with Crippen LogP contribution < -0.4 is 15.4 Å². The summed E-state index contributed by atoms with van der Waals surface area (Å²) in [5.74, 6) is -1.14. The van der Waals surface area contributed by atoms with Crippen molar-refractivity contribution in [1.29, 1.82) is 0 Å². The molecule has 2 aromatic carbocycles. The minimum Gasteiger partial charge on any atom is -0.497 e. The lowest BCUT2D eigenvalue weighted by molar-refractivity contribution is -0.137. The summed E-state index contributed by atoms with van der Waals surface area (Å²) in [5.41, 5.74) is -0.589. The molecule has 0 saturated heterocycles. The monoisotopic (exact) mass is 465 g/mol. The van der Waals surface area contributed by atoms with Gasteiger partial charge in [0, 0.05) is 17.8 Å². The lowest BCUT2D eigenvalue weighted by Gasteiger charge is -2.22. The molecule has 0 radical (unpaired) electrons. The Balaban J connectivity index is 1.97. The third-order valence-corrected chi connectivity index (χ3v) is 4.66. The highest BCUT2D eigenvalue weighted by Gasteiger charge is 2.31. The van der Waals surface area contributed by atoms with Gasteiger partial charge in [-0.1, -0.05) is 19.4 Å². The fourth-order valence-corrected chi connectivity index (χ4v) is 2.90. The molecule has 178 valence electrons. The fourth-order valence-electron chi connectivity index (χ4n) is 2.90. The highest BCUT2D eigenvalue weighted by molar-refractivity contribution is 5.98. The van der Waals surface area contributed by atoms with Crippen LogP contribution in [0.4, 0.5) is 18.9 Å². The van der Waals surface area contributed by atoms with Crippen LogP contribution in [-0.2, 0) is 15.8 Å². The predicted molar refractivity (Wildman–Crippen MR) is 117 cm³/mol. The number of carbonyl (C=O) groups excluding carboxylic acids is 3. The van der Waals surface area contributed by atoms with E-state index in [2.05, 4.69) is 10.6 Å². The molecule has 0 fully saturated rings. The number of nitrogens with one attached hydrogen (secondary N) is 2. The Hall–Kier alpha value is -3.56. The summed E-state index contributed by atoms with van der Waals surface area (Å²) >= 11 is 0. The van der Waals surface area contributed by atoms with Gasteiger partial charge in [-0.25, -0.2) is 0 Å². The molecule has 0 aliphatic carbocycles. The first-order valence-electron chi connectivity index (χ1n) is 10.3. The number of ether oxygens (including phenoxy) is 1. The molecule has 3 amide bonds.